The van der Waals surface area contributed by atoms with E-state index in [-0.39, 0.29) is 11.7 Å². The molecule has 0 unspecified atom stereocenters. The van der Waals surface area contributed by atoms with Crippen LogP contribution in [0.15, 0.2) is 29.4 Å². The lowest BCUT2D eigenvalue weighted by atomic mass is 9.98. The molecule has 1 aromatic carbocycles. The Hall–Kier alpha value is -2.37. The van der Waals surface area contributed by atoms with Crippen molar-refractivity contribution in [3.05, 3.63) is 29.8 Å². The van der Waals surface area contributed by atoms with Crippen molar-refractivity contribution in [3.8, 4) is 5.75 Å². The Labute approximate surface area is 110 Å². The Morgan fingerprint density at radius 3 is 2.84 bits per heavy atom. The highest BCUT2D eigenvalue weighted by atomic mass is 16.3. The average molecular weight is 261 g/mol. The second kappa shape index (κ2) is 5.99. The summed E-state index contributed by atoms with van der Waals surface area (Å²) in [5, 5.41) is 15.6. The molecule has 0 spiro atoms. The zero-order valence-electron chi connectivity index (χ0n) is 10.3. The van der Waals surface area contributed by atoms with Crippen LogP contribution in [0.25, 0.3) is 0 Å². The van der Waals surface area contributed by atoms with E-state index in [1.54, 1.807) is 12.1 Å². The van der Waals surface area contributed by atoms with Crippen LogP contribution in [-0.2, 0) is 9.59 Å². The Morgan fingerprint density at radius 2 is 2.16 bits per heavy atom. The zero-order chi connectivity index (χ0) is 13.7. The number of amides is 2. The molecule has 0 aromatic heterocycles. The average Bonchev–Trinajstić information content (AvgIpc) is 2.41. The van der Waals surface area contributed by atoms with Crippen LogP contribution >= 0.6 is 0 Å². The summed E-state index contributed by atoms with van der Waals surface area (Å²) in [4.78, 5) is 23.2. The molecule has 1 saturated heterocycles. The standard InChI is InChI=1S/C13H15N3O3/c17-10-5-3-9(4-6-10)8-15-16-13(19)11-2-1-7-14-12(11)18/h3-6,8,11,17H,1-2,7H2,(H,14,18)(H,16,19)/b15-8-/t11-/m0/s1. The summed E-state index contributed by atoms with van der Waals surface area (Å²) in [5.41, 5.74) is 3.09. The number of benzene rings is 1. The normalized spacial score (nSPS) is 19.2. The summed E-state index contributed by atoms with van der Waals surface area (Å²) >= 11 is 0. The molecule has 1 aromatic rings. The lowest BCUT2D eigenvalue weighted by Gasteiger charge is -2.19. The number of nitrogens with zero attached hydrogens (tertiary/aromatic N) is 1. The second-order valence-corrected chi connectivity index (χ2v) is 4.31. The first-order chi connectivity index (χ1) is 9.16. The van der Waals surface area contributed by atoms with Crippen molar-refractivity contribution in [3.63, 3.8) is 0 Å². The van der Waals surface area contributed by atoms with E-state index >= 15 is 0 Å². The van der Waals surface area contributed by atoms with E-state index in [2.05, 4.69) is 15.8 Å². The molecule has 6 nitrogen and oxygen atoms in total. The van der Waals surface area contributed by atoms with Gasteiger partial charge < -0.3 is 10.4 Å². The van der Waals surface area contributed by atoms with E-state index in [1.165, 1.54) is 18.3 Å². The van der Waals surface area contributed by atoms with E-state index in [9.17, 15) is 9.59 Å². The van der Waals surface area contributed by atoms with Crippen LogP contribution in [0.2, 0.25) is 0 Å². The van der Waals surface area contributed by atoms with E-state index < -0.39 is 11.8 Å². The highest BCUT2D eigenvalue weighted by molar-refractivity contribution is 6.00. The lowest BCUT2D eigenvalue weighted by molar-refractivity contribution is -0.136. The molecular weight excluding hydrogens is 246 g/mol. The van der Waals surface area contributed by atoms with Crippen LogP contribution < -0.4 is 10.7 Å². The Bertz CT molecular complexity index is 496. The van der Waals surface area contributed by atoms with Crippen LogP contribution in [0.5, 0.6) is 5.75 Å². The number of hydrogen-bond acceptors (Lipinski definition) is 4. The Balaban J connectivity index is 1.89. The van der Waals surface area contributed by atoms with E-state index in [0.29, 0.717) is 13.0 Å². The molecule has 6 heteroatoms. The van der Waals surface area contributed by atoms with Crippen molar-refractivity contribution in [2.24, 2.45) is 11.0 Å². The molecule has 1 atom stereocenters. The second-order valence-electron chi connectivity index (χ2n) is 4.31. The predicted octanol–water partition coefficient (Wildman–Crippen LogP) is 0.369. The third-order valence-electron chi connectivity index (χ3n) is 2.88. The molecule has 3 N–H and O–H groups in total. The summed E-state index contributed by atoms with van der Waals surface area (Å²) in [6.45, 7) is 0.624. The first-order valence-corrected chi connectivity index (χ1v) is 6.06. The number of phenols is 1. The molecule has 2 rings (SSSR count). The third-order valence-corrected chi connectivity index (χ3v) is 2.88. The lowest BCUT2D eigenvalue weighted by Crippen LogP contribution is -2.43. The molecule has 1 heterocycles. The van der Waals surface area contributed by atoms with Crippen LogP contribution in [-0.4, -0.2) is 29.7 Å². The van der Waals surface area contributed by atoms with Crippen molar-refractivity contribution in [1.29, 1.82) is 0 Å². The fraction of sp³-hybridized carbons (Fsp3) is 0.308. The molecule has 19 heavy (non-hydrogen) atoms. The van der Waals surface area contributed by atoms with Crippen molar-refractivity contribution in [2.45, 2.75) is 12.8 Å². The highest BCUT2D eigenvalue weighted by Crippen LogP contribution is 2.11. The van der Waals surface area contributed by atoms with Gasteiger partial charge in [-0.15, -0.1) is 0 Å². The SMILES string of the molecule is O=C1NCCC[C@@H]1C(=O)N/N=C\c1ccc(O)cc1. The summed E-state index contributed by atoms with van der Waals surface area (Å²) in [6, 6.07) is 6.38. The van der Waals surface area contributed by atoms with Gasteiger partial charge in [-0.1, -0.05) is 0 Å². The Kier molecular flexibility index (Phi) is 4.12. The molecule has 1 fully saturated rings. The topological polar surface area (TPSA) is 90.8 Å². The van der Waals surface area contributed by atoms with Crippen molar-refractivity contribution in [2.75, 3.05) is 6.54 Å². The maximum absolute atomic E-state index is 11.7. The minimum Gasteiger partial charge on any atom is -0.508 e. The van der Waals surface area contributed by atoms with E-state index in [4.69, 9.17) is 5.11 Å². The molecule has 0 aliphatic carbocycles. The van der Waals surface area contributed by atoms with Crippen LogP contribution in [0.3, 0.4) is 0 Å². The molecule has 0 saturated carbocycles. The Morgan fingerprint density at radius 1 is 1.42 bits per heavy atom. The molecule has 0 bridgehead atoms. The van der Waals surface area contributed by atoms with Gasteiger partial charge in [0.2, 0.25) is 5.91 Å². The number of carbonyl (C=O) groups excluding carboxylic acids is 2. The largest absolute Gasteiger partial charge is 0.508 e. The highest BCUT2D eigenvalue weighted by Gasteiger charge is 2.28. The van der Waals surface area contributed by atoms with E-state index in [0.717, 1.165) is 12.0 Å². The molecule has 2 amide bonds. The zero-order valence-corrected chi connectivity index (χ0v) is 10.3. The maximum atomic E-state index is 11.7. The number of hydrazone groups is 1. The van der Waals surface area contributed by atoms with Gasteiger partial charge in [0.25, 0.3) is 5.91 Å². The minimum atomic E-state index is -0.661. The third kappa shape index (κ3) is 3.54. The fourth-order valence-electron chi connectivity index (χ4n) is 1.83. The van der Waals surface area contributed by atoms with Crippen LogP contribution in [0.4, 0.5) is 0 Å². The summed E-state index contributed by atoms with van der Waals surface area (Å²) in [7, 11) is 0. The monoisotopic (exact) mass is 261 g/mol. The van der Waals surface area contributed by atoms with E-state index in [1.807, 2.05) is 0 Å². The van der Waals surface area contributed by atoms with Crippen LogP contribution in [0, 0.1) is 5.92 Å². The first kappa shape index (κ1) is 13.1. The van der Waals surface area contributed by atoms with Gasteiger partial charge in [-0.05, 0) is 42.7 Å². The van der Waals surface area contributed by atoms with Crippen molar-refractivity contribution >= 4 is 18.0 Å². The van der Waals surface area contributed by atoms with Gasteiger partial charge >= 0.3 is 0 Å². The summed E-state index contributed by atoms with van der Waals surface area (Å²) in [5.74, 6) is -1.14. The van der Waals surface area contributed by atoms with Gasteiger partial charge in [-0.2, -0.15) is 5.10 Å². The van der Waals surface area contributed by atoms with Gasteiger partial charge in [0.05, 0.1) is 6.21 Å². The van der Waals surface area contributed by atoms with Gasteiger partial charge in [-0.25, -0.2) is 5.43 Å². The fourth-order valence-corrected chi connectivity index (χ4v) is 1.83. The number of phenolic OH excluding ortho intramolecular Hbond substituents is 1. The van der Waals surface area contributed by atoms with Gasteiger partial charge in [-0.3, -0.25) is 9.59 Å². The van der Waals surface area contributed by atoms with Crippen molar-refractivity contribution in [1.82, 2.24) is 10.7 Å². The number of rotatable bonds is 3. The van der Waals surface area contributed by atoms with Gasteiger partial charge in [0, 0.05) is 6.54 Å². The molecule has 1 aliphatic heterocycles. The number of nitrogens with one attached hydrogen (secondary N) is 2. The maximum Gasteiger partial charge on any atom is 0.252 e. The predicted molar refractivity (Wildman–Crippen MR) is 69.6 cm³/mol. The number of hydrogen-bond donors (Lipinski definition) is 3. The minimum absolute atomic E-state index is 0.167. The molecule has 100 valence electrons. The van der Waals surface area contributed by atoms with Gasteiger partial charge in [0.15, 0.2) is 0 Å². The van der Waals surface area contributed by atoms with Gasteiger partial charge in [0.1, 0.15) is 11.7 Å². The smallest absolute Gasteiger partial charge is 0.252 e. The number of carbonyl (C=O) groups is 2. The molecule has 1 aliphatic rings. The molecule has 0 radical (unpaired) electrons. The number of aromatic hydroxyl groups is 1. The van der Waals surface area contributed by atoms with Crippen LogP contribution in [0.1, 0.15) is 18.4 Å². The summed E-state index contributed by atoms with van der Waals surface area (Å²) in [6.07, 6.45) is 2.80. The molecular formula is C13H15N3O3. The quantitative estimate of drug-likeness (QED) is 0.417. The first-order valence-electron chi connectivity index (χ1n) is 6.06. The number of piperidine rings is 1. The summed E-state index contributed by atoms with van der Waals surface area (Å²) < 4.78 is 0. The van der Waals surface area contributed by atoms with Crippen molar-refractivity contribution < 1.29 is 14.7 Å².